The molecule has 2 aliphatic heterocycles. The minimum absolute atomic E-state index is 0.0928. The lowest BCUT2D eigenvalue weighted by Crippen LogP contribution is -2.33. The van der Waals surface area contributed by atoms with E-state index >= 15 is 0 Å². The van der Waals surface area contributed by atoms with E-state index in [1.165, 1.54) is 11.1 Å². The Morgan fingerprint density at radius 3 is 2.79 bits per heavy atom. The summed E-state index contributed by atoms with van der Waals surface area (Å²) in [6.07, 6.45) is 7.72. The molecular weight excluding hydrogens is 536 g/mol. The van der Waals surface area contributed by atoms with Crippen molar-refractivity contribution in [1.82, 2.24) is 0 Å². The predicted octanol–water partition coefficient (Wildman–Crippen LogP) is 5.62. The van der Waals surface area contributed by atoms with Crippen molar-refractivity contribution < 1.29 is 23.6 Å². The first-order valence-corrected chi connectivity index (χ1v) is 15.4. The number of methoxy groups -OCH3 is 1. The number of rotatable bonds is 1. The van der Waals surface area contributed by atoms with Crippen molar-refractivity contribution in [3.8, 4) is 5.75 Å². The van der Waals surface area contributed by atoms with Gasteiger partial charge in [-0.05, 0) is 80.5 Å². The normalized spacial score (nSPS) is 28.3. The number of benzene rings is 2. The van der Waals surface area contributed by atoms with Gasteiger partial charge in [-0.1, -0.05) is 36.7 Å². The van der Waals surface area contributed by atoms with E-state index in [-0.39, 0.29) is 17.8 Å². The van der Waals surface area contributed by atoms with Gasteiger partial charge < -0.3 is 19.5 Å². The Hall–Kier alpha value is -2.39. The van der Waals surface area contributed by atoms with E-state index in [1.54, 1.807) is 32.2 Å². The van der Waals surface area contributed by atoms with Crippen LogP contribution in [0, 0.1) is 5.92 Å². The summed E-state index contributed by atoms with van der Waals surface area (Å²) in [5.41, 5.74) is 2.35. The Morgan fingerprint density at radius 1 is 1.18 bits per heavy atom. The first-order valence-electron chi connectivity index (χ1n) is 13.6. The topological polar surface area (TPSA) is 88.4 Å². The third kappa shape index (κ3) is 7.84. The fourth-order valence-electron chi connectivity index (χ4n) is 4.95. The number of amides is 1. The molecule has 0 spiro atoms. The zero-order valence-corrected chi connectivity index (χ0v) is 24.6. The second kappa shape index (κ2) is 13.3. The number of anilines is 1. The lowest BCUT2D eigenvalue weighted by molar-refractivity contribution is 0.0612. The van der Waals surface area contributed by atoms with Gasteiger partial charge in [0, 0.05) is 53.1 Å². The quantitative estimate of drug-likeness (QED) is 0.339. The van der Waals surface area contributed by atoms with E-state index in [0.29, 0.717) is 31.0 Å². The van der Waals surface area contributed by atoms with Crippen LogP contribution in [-0.2, 0) is 28.3 Å². The zero-order valence-electron chi connectivity index (χ0n) is 22.9. The number of aryl methyl sites for hydroxylation is 1. The molecule has 2 aromatic carbocycles. The minimum Gasteiger partial charge on any atom is -0.491 e. The van der Waals surface area contributed by atoms with Crippen LogP contribution in [0.4, 0.5) is 5.69 Å². The van der Waals surface area contributed by atoms with E-state index in [4.69, 9.17) is 21.1 Å². The maximum atomic E-state index is 13.1. The first kappa shape index (κ1) is 29.6. The van der Waals surface area contributed by atoms with Crippen molar-refractivity contribution in [1.29, 1.82) is 0 Å². The van der Waals surface area contributed by atoms with Crippen molar-refractivity contribution in [2.75, 3.05) is 30.9 Å². The molecule has 0 aromatic heterocycles. The van der Waals surface area contributed by atoms with Gasteiger partial charge in [0.2, 0.25) is 0 Å². The van der Waals surface area contributed by atoms with Crippen LogP contribution in [0.1, 0.15) is 61.0 Å². The molecule has 1 amide bonds. The molecule has 0 fully saturated rings. The number of carbonyl (C=O) groups excluding carboxylic acids is 1. The van der Waals surface area contributed by atoms with Crippen molar-refractivity contribution in [3.63, 3.8) is 0 Å². The Bertz CT molecular complexity index is 1290. The van der Waals surface area contributed by atoms with Gasteiger partial charge in [-0.25, -0.2) is 0 Å². The molecule has 39 heavy (non-hydrogen) atoms. The second-order valence-corrected chi connectivity index (χ2v) is 12.4. The number of thiol groups is 1. The highest BCUT2D eigenvalue weighted by atomic mass is 35.5. The smallest absolute Gasteiger partial charge is 0.284 e. The van der Waals surface area contributed by atoms with Crippen molar-refractivity contribution >= 4 is 33.8 Å². The summed E-state index contributed by atoms with van der Waals surface area (Å²) in [5, 5.41) is 11.7. The van der Waals surface area contributed by atoms with Crippen LogP contribution in [-0.4, -0.2) is 52.9 Å². The zero-order chi connectivity index (χ0) is 28.0. The molecule has 1 unspecified atom stereocenters. The molecule has 2 aliphatic rings. The largest absolute Gasteiger partial charge is 0.491 e. The average molecular weight is 575 g/mol. The second-order valence-electron chi connectivity index (χ2n) is 10.7. The molecule has 0 saturated carbocycles. The maximum Gasteiger partial charge on any atom is 0.284 e. The number of hydrogen-bond acceptors (Lipinski definition) is 6. The molecule has 7 nitrogen and oxygen atoms in total. The van der Waals surface area contributed by atoms with Crippen LogP contribution in [0.2, 0.25) is 5.02 Å². The number of carbonyl (C=O) groups is 1. The molecule has 212 valence electrons. The number of hydrogen-bond donors (Lipinski definition) is 2. The molecule has 0 saturated heterocycles. The van der Waals surface area contributed by atoms with Crippen molar-refractivity contribution in [2.24, 2.45) is 10.3 Å². The summed E-state index contributed by atoms with van der Waals surface area (Å²) in [6, 6.07) is 11.3. The molecular formula is C30H39ClN2O5S. The Labute approximate surface area is 238 Å². The van der Waals surface area contributed by atoms with E-state index < -0.39 is 22.1 Å². The van der Waals surface area contributed by atoms with Crippen LogP contribution in [0.3, 0.4) is 0 Å². The first-order chi connectivity index (χ1) is 18.7. The third-order valence-electron chi connectivity index (χ3n) is 7.67. The van der Waals surface area contributed by atoms with Gasteiger partial charge in [-0.15, -0.1) is 0 Å². The van der Waals surface area contributed by atoms with Gasteiger partial charge in [-0.2, -0.15) is 4.36 Å². The lowest BCUT2D eigenvalue weighted by Gasteiger charge is -2.29. The number of nitrogens with zero attached hydrogens (tertiary/aromatic N) is 2. The van der Waals surface area contributed by atoms with Crippen molar-refractivity contribution in [2.45, 2.75) is 64.2 Å². The fourth-order valence-corrected chi connectivity index (χ4v) is 6.38. The molecule has 2 bridgehead atoms. The van der Waals surface area contributed by atoms with E-state index in [1.807, 2.05) is 31.2 Å². The van der Waals surface area contributed by atoms with Crippen LogP contribution in [0.15, 0.2) is 52.9 Å². The van der Waals surface area contributed by atoms with Gasteiger partial charge >= 0.3 is 0 Å². The van der Waals surface area contributed by atoms with Crippen LogP contribution < -0.4 is 9.64 Å². The summed E-state index contributed by atoms with van der Waals surface area (Å²) >= 11 is 6.35. The maximum absolute atomic E-state index is 13.1. The lowest BCUT2D eigenvalue weighted by atomic mass is 9.91. The minimum atomic E-state index is -2.20. The standard InChI is InChI=1S/C30H39ClN2O5S/c1-21-20-39(36)32-29(34)23-10-12-28-27(18-23)33(15-6-8-26(37-3)13-14-30(21,2)35)19-24-9-11-25(31)17-22(24)7-4-5-16-38-28/h9-14,17-18,21,26,35,39H,4-8,15-16,19-20H2,1-3H3/b14-13+/t21-,26-,30+/m1/s1. The van der Waals surface area contributed by atoms with Crippen LogP contribution in [0.25, 0.3) is 0 Å². The Balaban J connectivity index is 1.79. The summed E-state index contributed by atoms with van der Waals surface area (Å²) in [7, 11) is -0.542. The van der Waals surface area contributed by atoms with Crippen molar-refractivity contribution in [3.05, 3.63) is 70.3 Å². The summed E-state index contributed by atoms with van der Waals surface area (Å²) in [5.74, 6) is -0.101. The Kier molecular flexibility index (Phi) is 10.1. The fraction of sp³-hybridized carbons (Fsp3) is 0.500. The number of halogens is 1. The Morgan fingerprint density at radius 2 is 2.00 bits per heavy atom. The van der Waals surface area contributed by atoms with E-state index in [9.17, 15) is 14.1 Å². The van der Waals surface area contributed by atoms with Crippen LogP contribution >= 0.6 is 11.6 Å². The summed E-state index contributed by atoms with van der Waals surface area (Å²) < 4.78 is 28.8. The highest BCUT2D eigenvalue weighted by molar-refractivity contribution is 7.75. The molecule has 4 rings (SSSR count). The molecule has 2 heterocycles. The van der Waals surface area contributed by atoms with Gasteiger partial charge in [-0.3, -0.25) is 9.00 Å². The van der Waals surface area contributed by atoms with Gasteiger partial charge in [0.05, 0.1) is 24.0 Å². The molecule has 4 atom stereocenters. The highest BCUT2D eigenvalue weighted by Gasteiger charge is 2.27. The SMILES string of the molecule is CO[C@H]1/C=C/[C@](C)(O)[C@H](C)C/[SH](=O)=N\C(=O)c2ccc3c(c2)N(CCC1)Cc1ccc(Cl)cc1CCCCO3. The number of ether oxygens (including phenoxy) is 2. The van der Waals surface area contributed by atoms with Gasteiger partial charge in [0.25, 0.3) is 5.91 Å². The average Bonchev–Trinajstić information content (AvgIpc) is 2.93. The number of aliphatic hydroxyl groups is 1. The molecule has 1 N–H and O–H groups in total. The number of fused-ring (bicyclic) bond motifs is 2. The van der Waals surface area contributed by atoms with E-state index in [0.717, 1.165) is 42.8 Å². The summed E-state index contributed by atoms with van der Waals surface area (Å²) in [4.78, 5) is 15.3. The molecule has 9 heteroatoms. The van der Waals surface area contributed by atoms with E-state index in [2.05, 4.69) is 15.3 Å². The third-order valence-corrected chi connectivity index (χ3v) is 9.17. The molecule has 2 aromatic rings. The molecule has 0 radical (unpaired) electrons. The summed E-state index contributed by atoms with van der Waals surface area (Å²) in [6.45, 7) is 5.35. The predicted molar refractivity (Wildman–Crippen MR) is 157 cm³/mol. The van der Waals surface area contributed by atoms with Crippen LogP contribution in [0.5, 0.6) is 5.75 Å². The molecule has 0 aliphatic carbocycles. The van der Waals surface area contributed by atoms with Gasteiger partial charge in [0.15, 0.2) is 0 Å². The highest BCUT2D eigenvalue weighted by Crippen LogP contribution is 2.34. The van der Waals surface area contributed by atoms with Gasteiger partial charge in [0.1, 0.15) is 5.75 Å². The monoisotopic (exact) mass is 574 g/mol.